The van der Waals surface area contributed by atoms with E-state index in [2.05, 4.69) is 10.2 Å². The number of rotatable bonds is 4. The highest BCUT2D eigenvalue weighted by Crippen LogP contribution is 2.44. The van der Waals surface area contributed by atoms with Crippen molar-refractivity contribution in [2.75, 3.05) is 12.0 Å². The molecule has 0 bridgehead atoms. The minimum absolute atomic E-state index is 0.00646. The largest absolute Gasteiger partial charge is 0.507 e. The number of ether oxygens (including phenoxy) is 2. The second-order valence-electron chi connectivity index (χ2n) is 8.00. The van der Waals surface area contributed by atoms with Gasteiger partial charge >= 0.3 is 5.91 Å². The number of Topliss-reactive ketones (excluding diaryl/α,β-unsaturated/α-hetero) is 1. The van der Waals surface area contributed by atoms with E-state index in [-0.39, 0.29) is 22.6 Å². The molecule has 9 heteroatoms. The number of aryl methyl sites for hydroxylation is 1. The summed E-state index contributed by atoms with van der Waals surface area (Å²) >= 11 is 1.20. The normalized spacial score (nSPS) is 21.2. The summed E-state index contributed by atoms with van der Waals surface area (Å²) in [5.41, 5.74) is 2.00. The zero-order valence-corrected chi connectivity index (χ0v) is 19.0. The highest BCUT2D eigenvalue weighted by Gasteiger charge is 2.48. The Hall–Kier alpha value is -3.72. The van der Waals surface area contributed by atoms with Gasteiger partial charge in [0.05, 0.1) is 18.7 Å². The van der Waals surface area contributed by atoms with E-state index in [1.54, 1.807) is 49.4 Å². The lowest BCUT2D eigenvalue weighted by molar-refractivity contribution is -0.132. The van der Waals surface area contributed by atoms with Crippen LogP contribution in [0.3, 0.4) is 0 Å². The molecule has 2 atom stereocenters. The highest BCUT2D eigenvalue weighted by atomic mass is 32.1. The number of amides is 1. The molecule has 168 valence electrons. The molecule has 3 aromatic rings. The van der Waals surface area contributed by atoms with Crippen LogP contribution < -0.4 is 14.4 Å². The van der Waals surface area contributed by atoms with Gasteiger partial charge in [0.2, 0.25) is 5.13 Å². The maximum atomic E-state index is 13.2. The number of aliphatic hydroxyl groups excluding tert-OH is 1. The van der Waals surface area contributed by atoms with Gasteiger partial charge in [-0.05, 0) is 55.3 Å². The van der Waals surface area contributed by atoms with Crippen LogP contribution in [0.2, 0.25) is 0 Å². The first-order valence-electron chi connectivity index (χ1n) is 10.4. The Morgan fingerprint density at radius 2 is 2.03 bits per heavy atom. The van der Waals surface area contributed by atoms with Gasteiger partial charge in [-0.15, -0.1) is 10.2 Å². The molecule has 3 heterocycles. The summed E-state index contributed by atoms with van der Waals surface area (Å²) in [6, 6.07) is 11.5. The van der Waals surface area contributed by atoms with Crippen molar-refractivity contribution in [3.63, 3.8) is 0 Å². The first-order chi connectivity index (χ1) is 15.9. The van der Waals surface area contributed by atoms with Crippen LogP contribution in [-0.2, 0) is 16.0 Å². The zero-order chi connectivity index (χ0) is 23.3. The van der Waals surface area contributed by atoms with Crippen molar-refractivity contribution in [3.8, 4) is 11.5 Å². The summed E-state index contributed by atoms with van der Waals surface area (Å²) in [6.45, 7) is 3.74. The van der Waals surface area contributed by atoms with Gasteiger partial charge < -0.3 is 14.6 Å². The van der Waals surface area contributed by atoms with Crippen molar-refractivity contribution in [1.29, 1.82) is 0 Å². The summed E-state index contributed by atoms with van der Waals surface area (Å²) in [5.74, 6) is -0.465. The van der Waals surface area contributed by atoms with E-state index in [1.165, 1.54) is 23.3 Å². The van der Waals surface area contributed by atoms with Gasteiger partial charge in [0.15, 0.2) is 0 Å². The molecule has 2 aliphatic rings. The molecule has 1 N–H and O–H groups in total. The van der Waals surface area contributed by atoms with Crippen LogP contribution in [0.1, 0.15) is 34.7 Å². The molecule has 1 fully saturated rings. The number of aliphatic hydroxyl groups is 1. The molecular weight excluding hydrogens is 442 g/mol. The number of methoxy groups -OCH3 is 1. The third kappa shape index (κ3) is 3.54. The molecular formula is C24H21N3O5S. The standard InChI is InChI=1S/C24H21N3O5S/c1-12-9-16-10-15(7-8-18(16)32-12)21(28)19-20(14-5-4-6-17(11-14)31-3)27(23(30)22(19)29)24-26-25-13(2)33-24/h4-8,10-12,20,28H,9H2,1-3H3/b21-19+/t12-,20-/m1/s1. The third-order valence-corrected chi connectivity index (χ3v) is 6.58. The molecule has 0 radical (unpaired) electrons. The van der Waals surface area contributed by atoms with Gasteiger partial charge in [0, 0.05) is 12.0 Å². The van der Waals surface area contributed by atoms with Crippen molar-refractivity contribution in [2.45, 2.75) is 32.4 Å². The fraction of sp³-hybridized carbons (Fsp3) is 0.250. The summed E-state index contributed by atoms with van der Waals surface area (Å²) in [7, 11) is 1.54. The fourth-order valence-electron chi connectivity index (χ4n) is 4.27. The van der Waals surface area contributed by atoms with E-state index in [9.17, 15) is 14.7 Å². The van der Waals surface area contributed by atoms with Crippen LogP contribution in [0.25, 0.3) is 5.76 Å². The van der Waals surface area contributed by atoms with Crippen LogP contribution in [-0.4, -0.2) is 40.2 Å². The molecule has 1 aromatic heterocycles. The number of hydrogen-bond donors (Lipinski definition) is 1. The lowest BCUT2D eigenvalue weighted by atomic mass is 9.94. The Balaban J connectivity index is 1.69. The Morgan fingerprint density at radius 3 is 2.76 bits per heavy atom. The average Bonchev–Trinajstić information content (AvgIpc) is 3.48. The summed E-state index contributed by atoms with van der Waals surface area (Å²) in [6.07, 6.45) is 0.745. The predicted molar refractivity (Wildman–Crippen MR) is 123 cm³/mol. The maximum Gasteiger partial charge on any atom is 0.301 e. The number of ketones is 1. The van der Waals surface area contributed by atoms with E-state index < -0.39 is 17.7 Å². The molecule has 5 rings (SSSR count). The second kappa shape index (κ2) is 8.00. The van der Waals surface area contributed by atoms with Crippen LogP contribution in [0, 0.1) is 6.92 Å². The number of anilines is 1. The molecule has 0 unspecified atom stereocenters. The number of fused-ring (bicyclic) bond motifs is 1. The number of carbonyl (C=O) groups excluding carboxylic acids is 2. The van der Waals surface area contributed by atoms with Gasteiger partial charge in [-0.1, -0.05) is 23.5 Å². The quantitative estimate of drug-likeness (QED) is 0.357. The maximum absolute atomic E-state index is 13.2. The van der Waals surface area contributed by atoms with Gasteiger partial charge in [0.25, 0.3) is 5.78 Å². The zero-order valence-electron chi connectivity index (χ0n) is 18.2. The number of hydrogen-bond acceptors (Lipinski definition) is 8. The molecule has 8 nitrogen and oxygen atoms in total. The molecule has 0 saturated carbocycles. The minimum Gasteiger partial charge on any atom is -0.507 e. The molecule has 33 heavy (non-hydrogen) atoms. The van der Waals surface area contributed by atoms with Crippen molar-refractivity contribution in [2.24, 2.45) is 0 Å². The molecule has 0 spiro atoms. The Morgan fingerprint density at radius 1 is 1.21 bits per heavy atom. The van der Waals surface area contributed by atoms with Gasteiger partial charge in [0.1, 0.15) is 28.4 Å². The SMILES string of the molecule is COc1cccc([C@@H]2/C(=C(\O)c3ccc4c(c3)C[C@@H](C)O4)C(=O)C(=O)N2c2nnc(C)s2)c1. The molecule has 2 aliphatic heterocycles. The van der Waals surface area contributed by atoms with Crippen molar-refractivity contribution < 1.29 is 24.2 Å². The number of carbonyl (C=O) groups is 2. The summed E-state index contributed by atoms with van der Waals surface area (Å²) in [4.78, 5) is 27.7. The smallest absolute Gasteiger partial charge is 0.301 e. The molecule has 1 saturated heterocycles. The van der Waals surface area contributed by atoms with Crippen molar-refractivity contribution in [1.82, 2.24) is 10.2 Å². The summed E-state index contributed by atoms with van der Waals surface area (Å²) < 4.78 is 11.1. The monoisotopic (exact) mass is 463 g/mol. The lowest BCUT2D eigenvalue weighted by Gasteiger charge is -2.23. The topological polar surface area (TPSA) is 102 Å². The van der Waals surface area contributed by atoms with E-state index >= 15 is 0 Å². The summed E-state index contributed by atoms with van der Waals surface area (Å²) in [5, 5.41) is 20.4. The Kier molecular flexibility index (Phi) is 5.13. The highest BCUT2D eigenvalue weighted by molar-refractivity contribution is 7.15. The fourth-order valence-corrected chi connectivity index (χ4v) is 4.98. The minimum atomic E-state index is -0.879. The first-order valence-corrected chi connectivity index (χ1v) is 11.2. The number of benzene rings is 2. The van der Waals surface area contributed by atoms with Crippen molar-refractivity contribution >= 4 is 33.9 Å². The Labute approximate surface area is 194 Å². The van der Waals surface area contributed by atoms with Crippen LogP contribution in [0.5, 0.6) is 11.5 Å². The molecule has 1 amide bonds. The van der Waals surface area contributed by atoms with Gasteiger partial charge in [-0.25, -0.2) is 0 Å². The van der Waals surface area contributed by atoms with Gasteiger partial charge in [-0.3, -0.25) is 14.5 Å². The molecule has 2 aromatic carbocycles. The Bertz CT molecular complexity index is 1310. The predicted octanol–water partition coefficient (Wildman–Crippen LogP) is 3.80. The second-order valence-corrected chi connectivity index (χ2v) is 9.16. The first kappa shape index (κ1) is 21.1. The van der Waals surface area contributed by atoms with E-state index in [0.717, 1.165) is 11.3 Å². The average molecular weight is 464 g/mol. The van der Waals surface area contributed by atoms with Crippen LogP contribution in [0.4, 0.5) is 5.13 Å². The lowest BCUT2D eigenvalue weighted by Crippen LogP contribution is -2.29. The van der Waals surface area contributed by atoms with Gasteiger partial charge in [-0.2, -0.15) is 0 Å². The van der Waals surface area contributed by atoms with E-state index in [1.807, 2.05) is 6.92 Å². The van der Waals surface area contributed by atoms with Crippen LogP contribution >= 0.6 is 11.3 Å². The number of nitrogens with zero attached hydrogens (tertiary/aromatic N) is 3. The van der Waals surface area contributed by atoms with E-state index in [0.29, 0.717) is 28.3 Å². The third-order valence-electron chi connectivity index (χ3n) is 5.74. The molecule has 0 aliphatic carbocycles. The van der Waals surface area contributed by atoms with Crippen LogP contribution in [0.15, 0.2) is 48.0 Å². The van der Waals surface area contributed by atoms with Crippen molar-refractivity contribution in [3.05, 3.63) is 69.7 Å². The van der Waals surface area contributed by atoms with E-state index in [4.69, 9.17) is 9.47 Å². The number of aromatic nitrogens is 2.